The highest BCUT2D eigenvalue weighted by Crippen LogP contribution is 2.24. The van der Waals surface area contributed by atoms with Crippen molar-refractivity contribution in [2.75, 3.05) is 6.61 Å². The van der Waals surface area contributed by atoms with E-state index in [0.29, 0.717) is 42.6 Å². The van der Waals surface area contributed by atoms with Gasteiger partial charge < -0.3 is 10.1 Å². The Morgan fingerprint density at radius 1 is 1.38 bits per heavy atom. The third kappa shape index (κ3) is 4.16. The van der Waals surface area contributed by atoms with Gasteiger partial charge in [0.1, 0.15) is 6.07 Å². The molecule has 1 atom stereocenters. The van der Waals surface area contributed by atoms with Crippen molar-refractivity contribution in [3.05, 3.63) is 58.5 Å². The maximum atomic E-state index is 12.5. The molecule has 0 radical (unpaired) electrons. The molecule has 3 heterocycles. The Balaban J connectivity index is 1.39. The Kier molecular flexibility index (Phi) is 5.34. The molecule has 148 valence electrons. The Morgan fingerprint density at radius 2 is 2.24 bits per heavy atom. The van der Waals surface area contributed by atoms with Crippen molar-refractivity contribution >= 4 is 17.5 Å². The van der Waals surface area contributed by atoms with Crippen LogP contribution in [0.1, 0.15) is 28.7 Å². The standard InChI is InChI=1S/C20H19ClN6O2/c1-13(23-20(28)19-9-16-12-29-7-6-27(16)25-19)11-26-5-4-18(24-26)14-2-3-15(10-22)17(21)8-14/h2-5,8-9,13H,6-7,11-12H2,1H3,(H,23,28). The van der Waals surface area contributed by atoms with Gasteiger partial charge in [0.05, 0.1) is 48.3 Å². The molecule has 0 aliphatic carbocycles. The molecule has 0 fully saturated rings. The molecule has 8 nitrogen and oxygen atoms in total. The van der Waals surface area contributed by atoms with Crippen LogP contribution in [0.5, 0.6) is 0 Å². The number of carbonyl (C=O) groups excluding carboxylic acids is 1. The number of rotatable bonds is 5. The number of aromatic nitrogens is 4. The number of nitriles is 1. The van der Waals surface area contributed by atoms with Gasteiger partial charge in [-0.25, -0.2) is 0 Å². The first-order chi connectivity index (χ1) is 14.0. The van der Waals surface area contributed by atoms with E-state index in [1.54, 1.807) is 22.9 Å². The van der Waals surface area contributed by atoms with Gasteiger partial charge in [0, 0.05) is 17.8 Å². The predicted molar refractivity (Wildman–Crippen MR) is 106 cm³/mol. The third-order valence-corrected chi connectivity index (χ3v) is 4.97. The Labute approximate surface area is 172 Å². The van der Waals surface area contributed by atoms with Crippen LogP contribution in [0.25, 0.3) is 11.3 Å². The summed E-state index contributed by atoms with van der Waals surface area (Å²) in [5.74, 6) is -0.217. The highest BCUT2D eigenvalue weighted by molar-refractivity contribution is 6.32. The summed E-state index contributed by atoms with van der Waals surface area (Å²) in [5, 5.41) is 21.2. The van der Waals surface area contributed by atoms with E-state index < -0.39 is 0 Å². The number of fused-ring (bicyclic) bond motifs is 1. The van der Waals surface area contributed by atoms with E-state index in [4.69, 9.17) is 21.6 Å². The summed E-state index contributed by atoms with van der Waals surface area (Å²) in [5.41, 5.74) is 3.31. The third-order valence-electron chi connectivity index (χ3n) is 4.66. The molecule has 0 bridgehead atoms. The molecule has 2 aromatic heterocycles. The second kappa shape index (κ2) is 8.07. The quantitative estimate of drug-likeness (QED) is 0.697. The molecule has 1 aliphatic heterocycles. The van der Waals surface area contributed by atoms with Crippen LogP contribution in [-0.4, -0.2) is 38.1 Å². The average molecular weight is 411 g/mol. The molecule has 1 aromatic carbocycles. The second-order valence-electron chi connectivity index (χ2n) is 6.90. The van der Waals surface area contributed by atoms with Gasteiger partial charge in [-0.3, -0.25) is 14.2 Å². The van der Waals surface area contributed by atoms with Crippen LogP contribution in [0.15, 0.2) is 36.5 Å². The SMILES string of the molecule is CC(Cn1ccc(-c2ccc(C#N)c(Cl)c2)n1)NC(=O)c1cc2n(n1)CCOC2. The number of hydrogen-bond acceptors (Lipinski definition) is 5. The van der Waals surface area contributed by atoms with Gasteiger partial charge in [-0.15, -0.1) is 0 Å². The van der Waals surface area contributed by atoms with Crippen LogP contribution in [-0.2, 0) is 24.4 Å². The normalized spacial score (nSPS) is 14.1. The average Bonchev–Trinajstić information content (AvgIpc) is 3.34. The summed E-state index contributed by atoms with van der Waals surface area (Å²) in [4.78, 5) is 12.5. The number of nitrogens with zero attached hydrogens (tertiary/aromatic N) is 5. The zero-order valence-corrected chi connectivity index (χ0v) is 16.6. The topological polar surface area (TPSA) is 97.8 Å². The Morgan fingerprint density at radius 3 is 3.00 bits per heavy atom. The Bertz CT molecular complexity index is 1070. The first-order valence-electron chi connectivity index (χ1n) is 9.22. The van der Waals surface area contributed by atoms with E-state index in [1.165, 1.54) is 0 Å². The smallest absolute Gasteiger partial charge is 0.272 e. The van der Waals surface area contributed by atoms with Crippen molar-refractivity contribution in [1.29, 1.82) is 5.26 Å². The van der Waals surface area contributed by atoms with E-state index in [9.17, 15) is 4.79 Å². The summed E-state index contributed by atoms with van der Waals surface area (Å²) in [6.45, 7) is 4.17. The first kappa shape index (κ1) is 19.2. The van der Waals surface area contributed by atoms with E-state index in [-0.39, 0.29) is 11.9 Å². The number of ether oxygens (including phenoxy) is 1. The molecule has 3 aromatic rings. The number of nitrogens with one attached hydrogen (secondary N) is 1. The van der Waals surface area contributed by atoms with Crippen molar-refractivity contribution in [2.24, 2.45) is 0 Å². The summed E-state index contributed by atoms with van der Waals surface area (Å²) < 4.78 is 8.95. The van der Waals surface area contributed by atoms with Crippen molar-refractivity contribution in [1.82, 2.24) is 24.9 Å². The number of amides is 1. The molecule has 29 heavy (non-hydrogen) atoms. The van der Waals surface area contributed by atoms with Gasteiger partial charge in [0.2, 0.25) is 0 Å². The van der Waals surface area contributed by atoms with Crippen LogP contribution in [0.4, 0.5) is 0 Å². The van der Waals surface area contributed by atoms with Gasteiger partial charge in [0.25, 0.3) is 5.91 Å². The molecule has 0 saturated carbocycles. The van der Waals surface area contributed by atoms with Gasteiger partial charge >= 0.3 is 0 Å². The lowest BCUT2D eigenvalue weighted by molar-refractivity contribution is 0.0797. The van der Waals surface area contributed by atoms with Gasteiger partial charge in [-0.1, -0.05) is 17.7 Å². The molecular weight excluding hydrogens is 392 g/mol. The number of benzene rings is 1. The zero-order valence-electron chi connectivity index (χ0n) is 15.8. The summed E-state index contributed by atoms with van der Waals surface area (Å²) in [6, 6.07) is 10.7. The summed E-state index contributed by atoms with van der Waals surface area (Å²) in [7, 11) is 0. The van der Waals surface area contributed by atoms with Crippen LogP contribution < -0.4 is 5.32 Å². The van der Waals surface area contributed by atoms with Crippen molar-refractivity contribution < 1.29 is 9.53 Å². The second-order valence-corrected chi connectivity index (χ2v) is 7.31. The lowest BCUT2D eigenvalue weighted by Crippen LogP contribution is -2.36. The minimum Gasteiger partial charge on any atom is -0.373 e. The van der Waals surface area contributed by atoms with E-state index >= 15 is 0 Å². The van der Waals surface area contributed by atoms with Crippen LogP contribution in [0.2, 0.25) is 5.02 Å². The minimum atomic E-state index is -0.217. The van der Waals surface area contributed by atoms with Gasteiger partial charge in [-0.05, 0) is 31.2 Å². The summed E-state index contributed by atoms with van der Waals surface area (Å²) in [6.07, 6.45) is 1.84. The van der Waals surface area contributed by atoms with E-state index in [2.05, 4.69) is 15.5 Å². The molecule has 1 N–H and O–H groups in total. The fraction of sp³-hybridized carbons (Fsp3) is 0.300. The number of carbonyl (C=O) groups is 1. The molecule has 0 spiro atoms. The number of hydrogen-bond donors (Lipinski definition) is 1. The van der Waals surface area contributed by atoms with Crippen molar-refractivity contribution in [2.45, 2.75) is 32.7 Å². The summed E-state index contributed by atoms with van der Waals surface area (Å²) >= 11 is 6.10. The van der Waals surface area contributed by atoms with Gasteiger partial charge in [0.15, 0.2) is 5.69 Å². The minimum absolute atomic E-state index is 0.144. The molecule has 1 aliphatic rings. The van der Waals surface area contributed by atoms with Crippen molar-refractivity contribution in [3.63, 3.8) is 0 Å². The fourth-order valence-corrected chi connectivity index (χ4v) is 3.43. The van der Waals surface area contributed by atoms with Crippen LogP contribution in [0, 0.1) is 11.3 Å². The molecule has 9 heteroatoms. The number of halogens is 1. The van der Waals surface area contributed by atoms with E-state index in [1.807, 2.05) is 36.0 Å². The highest BCUT2D eigenvalue weighted by Gasteiger charge is 2.18. The molecule has 1 unspecified atom stereocenters. The van der Waals surface area contributed by atoms with Gasteiger partial charge in [-0.2, -0.15) is 15.5 Å². The first-order valence-corrected chi connectivity index (χ1v) is 9.60. The molecule has 1 amide bonds. The molecular formula is C20H19ClN6O2. The maximum Gasteiger partial charge on any atom is 0.272 e. The molecule has 0 saturated heterocycles. The monoisotopic (exact) mass is 410 g/mol. The van der Waals surface area contributed by atoms with Crippen LogP contribution in [0.3, 0.4) is 0 Å². The molecule has 4 rings (SSSR count). The maximum absolute atomic E-state index is 12.5. The Hall–Kier alpha value is -3.15. The van der Waals surface area contributed by atoms with E-state index in [0.717, 1.165) is 17.0 Å². The van der Waals surface area contributed by atoms with Crippen LogP contribution >= 0.6 is 11.6 Å². The lowest BCUT2D eigenvalue weighted by atomic mass is 10.1. The largest absolute Gasteiger partial charge is 0.373 e. The lowest BCUT2D eigenvalue weighted by Gasteiger charge is -2.13. The predicted octanol–water partition coefficient (Wildman–Crippen LogP) is 2.62. The fourth-order valence-electron chi connectivity index (χ4n) is 3.21. The highest BCUT2D eigenvalue weighted by atomic mass is 35.5. The van der Waals surface area contributed by atoms with Crippen molar-refractivity contribution in [3.8, 4) is 17.3 Å². The zero-order chi connectivity index (χ0) is 20.4.